The van der Waals surface area contributed by atoms with E-state index >= 15 is 0 Å². The number of carbonyl (C=O) groups is 1. The molecule has 6 rings (SSSR count). The second kappa shape index (κ2) is 13.9. The minimum atomic E-state index is -0.873. The van der Waals surface area contributed by atoms with Crippen molar-refractivity contribution in [3.05, 3.63) is 105 Å². The lowest BCUT2D eigenvalue weighted by Gasteiger charge is -2.31. The highest BCUT2D eigenvalue weighted by Gasteiger charge is 2.23. The molecule has 1 N–H and O–H groups in total. The molecule has 0 radical (unpaired) electrons. The van der Waals surface area contributed by atoms with E-state index in [0.717, 1.165) is 66.6 Å². The Bertz CT molecular complexity index is 1680. The maximum atomic E-state index is 11.2. The Morgan fingerprint density at radius 1 is 0.909 bits per heavy atom. The molecule has 1 aliphatic rings. The number of carboxylic acids is 1. The third-order valence-electron chi connectivity index (χ3n) is 9.08. The van der Waals surface area contributed by atoms with Crippen molar-refractivity contribution in [2.24, 2.45) is 0 Å². The van der Waals surface area contributed by atoms with Gasteiger partial charge >= 0.3 is 5.97 Å². The molecule has 0 aliphatic carbocycles. The average molecular weight is 607 g/mol. The fraction of sp³-hybridized carbons (Fsp3) is 0.378. The van der Waals surface area contributed by atoms with Gasteiger partial charge in [0.2, 0.25) is 0 Å². The quantitative estimate of drug-likeness (QED) is 0.153. The Morgan fingerprint density at radius 3 is 2.30 bits per heavy atom. The van der Waals surface area contributed by atoms with Gasteiger partial charge in [0.05, 0.1) is 23.1 Å². The molecule has 44 heavy (non-hydrogen) atoms. The monoisotopic (exact) mass is 606 g/mol. The van der Waals surface area contributed by atoms with Crippen LogP contribution in [-0.2, 0) is 13.1 Å². The Labute approximate surface area is 264 Å². The summed E-state index contributed by atoms with van der Waals surface area (Å²) < 4.78 is 2.32. The number of fused-ring (bicyclic) bond motifs is 1. The summed E-state index contributed by atoms with van der Waals surface area (Å²) >= 11 is 1.72. The lowest BCUT2D eigenvalue weighted by atomic mass is 9.89. The summed E-state index contributed by atoms with van der Waals surface area (Å²) in [7, 11) is 0. The minimum absolute atomic E-state index is 0.347. The van der Waals surface area contributed by atoms with Crippen LogP contribution in [0.5, 0.6) is 0 Å². The highest BCUT2D eigenvalue weighted by atomic mass is 32.1. The van der Waals surface area contributed by atoms with Crippen molar-refractivity contribution in [2.45, 2.75) is 77.3 Å². The van der Waals surface area contributed by atoms with Crippen LogP contribution in [0.4, 0.5) is 0 Å². The topological polar surface area (TPSA) is 71.2 Å². The van der Waals surface area contributed by atoms with Crippen LogP contribution in [0.25, 0.3) is 22.6 Å². The van der Waals surface area contributed by atoms with Crippen molar-refractivity contribution in [1.29, 1.82) is 0 Å². The van der Waals surface area contributed by atoms with Crippen LogP contribution in [0.3, 0.4) is 0 Å². The molecule has 1 aliphatic heterocycles. The van der Waals surface area contributed by atoms with E-state index in [9.17, 15) is 9.90 Å². The van der Waals surface area contributed by atoms with Crippen LogP contribution in [-0.4, -0.2) is 43.6 Å². The lowest BCUT2D eigenvalue weighted by Crippen LogP contribution is -2.32. The van der Waals surface area contributed by atoms with Crippen LogP contribution < -0.4 is 0 Å². The van der Waals surface area contributed by atoms with Crippen LogP contribution in [0.1, 0.15) is 96.3 Å². The van der Waals surface area contributed by atoms with E-state index in [1.807, 2.05) is 12.1 Å². The molecule has 6 nitrogen and oxygen atoms in total. The molecule has 0 atom stereocenters. The van der Waals surface area contributed by atoms with Gasteiger partial charge in [0.1, 0.15) is 10.7 Å². The molecular weight excluding hydrogens is 565 g/mol. The van der Waals surface area contributed by atoms with Gasteiger partial charge in [-0.15, -0.1) is 11.3 Å². The molecule has 1 fully saturated rings. The van der Waals surface area contributed by atoms with Gasteiger partial charge in [-0.3, -0.25) is 4.90 Å². The minimum Gasteiger partial charge on any atom is -0.478 e. The average Bonchev–Trinajstić information content (AvgIpc) is 3.66. The number of thiazole rings is 1. The third-order valence-corrected chi connectivity index (χ3v) is 9.91. The van der Waals surface area contributed by atoms with E-state index in [1.54, 1.807) is 23.5 Å². The SMILES string of the molecule is CCCC(CCC)c1ccc(Cn2c(-c3csc(CN4CCC(c5ccc(C(=O)O)cc5)CC4)n3)nc3ccccc32)cc1. The van der Waals surface area contributed by atoms with Crippen molar-refractivity contribution in [1.82, 2.24) is 19.4 Å². The number of imidazole rings is 1. The zero-order valence-electron chi connectivity index (χ0n) is 25.8. The Hall–Kier alpha value is -3.81. The van der Waals surface area contributed by atoms with E-state index in [4.69, 9.17) is 9.97 Å². The van der Waals surface area contributed by atoms with Gasteiger partial charge in [0.25, 0.3) is 0 Å². The van der Waals surface area contributed by atoms with Crippen LogP contribution in [0.2, 0.25) is 0 Å². The summed E-state index contributed by atoms with van der Waals surface area (Å²) in [5, 5.41) is 12.5. The van der Waals surface area contributed by atoms with Crippen LogP contribution in [0, 0.1) is 0 Å². The predicted octanol–water partition coefficient (Wildman–Crippen LogP) is 8.97. The summed E-state index contributed by atoms with van der Waals surface area (Å²) in [4.78, 5) is 23.8. The highest BCUT2D eigenvalue weighted by Crippen LogP contribution is 2.32. The molecule has 2 aromatic heterocycles. The molecule has 228 valence electrons. The summed E-state index contributed by atoms with van der Waals surface area (Å²) in [5.74, 6) is 1.17. The maximum Gasteiger partial charge on any atom is 0.335 e. The summed E-state index contributed by atoms with van der Waals surface area (Å²) in [5.41, 5.74) is 7.39. The second-order valence-electron chi connectivity index (χ2n) is 12.1. The third kappa shape index (κ3) is 6.79. The van der Waals surface area contributed by atoms with Crippen molar-refractivity contribution < 1.29 is 9.90 Å². The number of hydrogen-bond donors (Lipinski definition) is 1. The molecule has 3 heterocycles. The number of benzene rings is 3. The number of carboxylic acid groups (broad SMARTS) is 1. The molecule has 0 unspecified atom stereocenters. The molecule has 0 bridgehead atoms. The van der Waals surface area contributed by atoms with E-state index in [2.05, 4.69) is 77.2 Å². The number of likely N-dealkylation sites (tertiary alicyclic amines) is 1. The molecule has 5 aromatic rings. The van der Waals surface area contributed by atoms with Crippen LogP contribution in [0.15, 0.2) is 78.2 Å². The number of aromatic nitrogens is 3. The smallest absolute Gasteiger partial charge is 0.335 e. The molecular formula is C37H42N4O2S. The first-order chi connectivity index (χ1) is 21.5. The first-order valence-electron chi connectivity index (χ1n) is 16.1. The fourth-order valence-electron chi connectivity index (χ4n) is 6.68. The molecule has 0 saturated carbocycles. The van der Waals surface area contributed by atoms with Gasteiger partial charge in [-0.2, -0.15) is 0 Å². The normalized spacial score (nSPS) is 14.5. The Balaban J connectivity index is 1.15. The number of piperidine rings is 1. The number of rotatable bonds is 12. The molecule has 0 spiro atoms. The Kier molecular flexibility index (Phi) is 9.53. The van der Waals surface area contributed by atoms with Gasteiger partial charge in [0.15, 0.2) is 5.82 Å². The predicted molar refractivity (Wildman–Crippen MR) is 180 cm³/mol. The van der Waals surface area contributed by atoms with Crippen molar-refractivity contribution in [3.8, 4) is 11.5 Å². The van der Waals surface area contributed by atoms with E-state index in [1.165, 1.54) is 42.4 Å². The molecule has 7 heteroatoms. The molecule has 3 aromatic carbocycles. The number of aromatic carboxylic acids is 1. The van der Waals surface area contributed by atoms with Gasteiger partial charge in [-0.05, 0) is 91.6 Å². The summed E-state index contributed by atoms with van der Waals surface area (Å²) in [6, 6.07) is 25.0. The standard InChI is InChI=1S/C37H42N4O2S/c1-3-7-27(8-4-2)28-13-11-26(12-14-28)23-41-34-10-6-5-9-32(34)39-36(41)33-25-44-35(38-33)24-40-21-19-30(20-22-40)29-15-17-31(18-16-29)37(42)43/h5-6,9-18,25,27,30H,3-4,7-8,19-24H2,1-2H3,(H,42,43). The van der Waals surface area contributed by atoms with Crippen molar-refractivity contribution in [2.75, 3.05) is 13.1 Å². The molecule has 1 saturated heterocycles. The highest BCUT2D eigenvalue weighted by molar-refractivity contribution is 7.09. The van der Waals surface area contributed by atoms with E-state index < -0.39 is 5.97 Å². The lowest BCUT2D eigenvalue weighted by molar-refractivity contribution is 0.0697. The first kappa shape index (κ1) is 30.2. The first-order valence-corrected chi connectivity index (χ1v) is 16.9. The number of nitrogens with zero attached hydrogens (tertiary/aromatic N) is 4. The summed E-state index contributed by atoms with van der Waals surface area (Å²) in [6.07, 6.45) is 7.06. The van der Waals surface area contributed by atoms with E-state index in [0.29, 0.717) is 17.4 Å². The van der Waals surface area contributed by atoms with Crippen molar-refractivity contribution in [3.63, 3.8) is 0 Å². The van der Waals surface area contributed by atoms with Gasteiger partial charge in [0, 0.05) is 11.9 Å². The fourth-order valence-corrected chi connectivity index (χ4v) is 7.50. The number of para-hydroxylation sites is 2. The van der Waals surface area contributed by atoms with Gasteiger partial charge in [-0.25, -0.2) is 14.8 Å². The number of hydrogen-bond acceptors (Lipinski definition) is 5. The van der Waals surface area contributed by atoms with Crippen LogP contribution >= 0.6 is 11.3 Å². The van der Waals surface area contributed by atoms with E-state index in [-0.39, 0.29) is 0 Å². The van der Waals surface area contributed by atoms with Crippen molar-refractivity contribution >= 4 is 28.3 Å². The summed E-state index contributed by atoms with van der Waals surface area (Å²) in [6.45, 7) is 8.17. The zero-order valence-corrected chi connectivity index (χ0v) is 26.6. The van der Waals surface area contributed by atoms with Gasteiger partial charge in [-0.1, -0.05) is 75.2 Å². The maximum absolute atomic E-state index is 11.2. The molecule has 0 amide bonds. The van der Waals surface area contributed by atoms with Gasteiger partial charge < -0.3 is 9.67 Å². The largest absolute Gasteiger partial charge is 0.478 e. The Morgan fingerprint density at radius 2 is 1.61 bits per heavy atom. The zero-order chi connectivity index (χ0) is 30.5. The second-order valence-corrected chi connectivity index (χ2v) is 13.1.